The first kappa shape index (κ1) is 25.9. The molecule has 0 aromatic heterocycles. The highest BCUT2D eigenvalue weighted by molar-refractivity contribution is 6.36. The Morgan fingerprint density at radius 2 is 1.49 bits per heavy atom. The van der Waals surface area contributed by atoms with E-state index in [1.807, 2.05) is 54.6 Å². The number of amides is 1. The van der Waals surface area contributed by atoms with Crippen LogP contribution in [0, 0.1) is 0 Å². The third-order valence-corrected chi connectivity index (χ3v) is 5.82. The fraction of sp³-hybridized carbons (Fsp3) is 0.0690. The first-order chi connectivity index (χ1) is 17.9. The van der Waals surface area contributed by atoms with Gasteiger partial charge in [0.05, 0.1) is 16.8 Å². The van der Waals surface area contributed by atoms with Gasteiger partial charge in [0.2, 0.25) is 0 Å². The van der Waals surface area contributed by atoms with E-state index in [9.17, 15) is 9.59 Å². The summed E-state index contributed by atoms with van der Waals surface area (Å²) in [6.45, 7) is 1.64. The van der Waals surface area contributed by atoms with E-state index in [1.165, 1.54) is 18.3 Å². The van der Waals surface area contributed by atoms with E-state index in [4.69, 9.17) is 32.7 Å². The van der Waals surface area contributed by atoms with Crippen LogP contribution in [0.25, 0.3) is 11.1 Å². The van der Waals surface area contributed by atoms with Crippen LogP contribution < -0.4 is 14.9 Å². The summed E-state index contributed by atoms with van der Waals surface area (Å²) in [6, 6.07) is 28.7. The molecule has 0 saturated carbocycles. The van der Waals surface area contributed by atoms with Crippen LogP contribution in [0.1, 0.15) is 22.8 Å². The Morgan fingerprint density at radius 1 is 0.838 bits per heavy atom. The summed E-state index contributed by atoms with van der Waals surface area (Å²) in [7, 11) is 0. The van der Waals surface area contributed by atoms with Gasteiger partial charge in [0, 0.05) is 5.02 Å². The van der Waals surface area contributed by atoms with Crippen LogP contribution in [-0.2, 0) is 4.79 Å². The molecule has 0 radical (unpaired) electrons. The molecule has 186 valence electrons. The number of halogens is 2. The molecule has 1 N–H and O–H groups in total. The molecule has 1 unspecified atom stereocenters. The van der Waals surface area contributed by atoms with Gasteiger partial charge in [0.1, 0.15) is 11.5 Å². The first-order valence-corrected chi connectivity index (χ1v) is 12.1. The van der Waals surface area contributed by atoms with Crippen molar-refractivity contribution in [3.63, 3.8) is 0 Å². The topological polar surface area (TPSA) is 77.0 Å². The molecule has 1 amide bonds. The number of carbonyl (C=O) groups is 2. The van der Waals surface area contributed by atoms with Crippen molar-refractivity contribution in [2.24, 2.45) is 5.10 Å². The average Bonchev–Trinajstić information content (AvgIpc) is 2.90. The highest BCUT2D eigenvalue weighted by Crippen LogP contribution is 2.24. The largest absolute Gasteiger partial charge is 0.481 e. The van der Waals surface area contributed by atoms with Gasteiger partial charge in [-0.1, -0.05) is 65.7 Å². The molecule has 37 heavy (non-hydrogen) atoms. The molecule has 0 aliphatic rings. The highest BCUT2D eigenvalue weighted by atomic mass is 35.5. The van der Waals surface area contributed by atoms with Crippen molar-refractivity contribution < 1.29 is 19.1 Å². The van der Waals surface area contributed by atoms with E-state index in [0.717, 1.165) is 11.1 Å². The number of benzene rings is 4. The second kappa shape index (κ2) is 12.2. The number of ether oxygens (including phenoxy) is 2. The monoisotopic (exact) mass is 532 g/mol. The van der Waals surface area contributed by atoms with Crippen LogP contribution >= 0.6 is 23.2 Å². The maximum absolute atomic E-state index is 12.4. The Balaban J connectivity index is 1.26. The number of nitrogens with one attached hydrogen (secondary N) is 1. The molecule has 0 spiro atoms. The smallest absolute Gasteiger partial charge is 0.345 e. The quantitative estimate of drug-likeness (QED) is 0.117. The van der Waals surface area contributed by atoms with Gasteiger partial charge < -0.3 is 9.47 Å². The maximum Gasteiger partial charge on any atom is 0.345 e. The summed E-state index contributed by atoms with van der Waals surface area (Å²) < 4.78 is 11.1. The van der Waals surface area contributed by atoms with E-state index in [1.54, 1.807) is 37.3 Å². The van der Waals surface area contributed by atoms with Gasteiger partial charge in [0.25, 0.3) is 5.91 Å². The lowest BCUT2D eigenvalue weighted by Crippen LogP contribution is -2.33. The minimum absolute atomic E-state index is 0.208. The number of hydrogen-bond donors (Lipinski definition) is 1. The minimum atomic E-state index is -0.749. The molecule has 1 atom stereocenters. The fourth-order valence-corrected chi connectivity index (χ4v) is 3.80. The highest BCUT2D eigenvalue weighted by Gasteiger charge is 2.15. The van der Waals surface area contributed by atoms with Crippen LogP contribution in [0.5, 0.6) is 11.5 Å². The van der Waals surface area contributed by atoms with Gasteiger partial charge in [-0.15, -0.1) is 0 Å². The lowest BCUT2D eigenvalue weighted by atomic mass is 10.1. The van der Waals surface area contributed by atoms with Gasteiger partial charge in [-0.05, 0) is 78.2 Å². The van der Waals surface area contributed by atoms with Gasteiger partial charge in [-0.3, -0.25) is 4.79 Å². The maximum atomic E-state index is 12.4. The second-order valence-corrected chi connectivity index (χ2v) is 8.81. The van der Waals surface area contributed by atoms with Gasteiger partial charge >= 0.3 is 5.97 Å². The zero-order valence-electron chi connectivity index (χ0n) is 19.7. The number of hydrogen-bond acceptors (Lipinski definition) is 5. The van der Waals surface area contributed by atoms with Crippen LogP contribution in [0.4, 0.5) is 0 Å². The number of nitrogens with zero attached hydrogens (tertiary/aromatic N) is 1. The zero-order chi connectivity index (χ0) is 26.2. The number of esters is 1. The van der Waals surface area contributed by atoms with E-state index < -0.39 is 18.0 Å². The Labute approximate surface area is 224 Å². The van der Waals surface area contributed by atoms with E-state index in [0.29, 0.717) is 22.1 Å². The van der Waals surface area contributed by atoms with Crippen molar-refractivity contribution in [1.82, 2.24) is 5.43 Å². The van der Waals surface area contributed by atoms with Crippen molar-refractivity contribution in [1.29, 1.82) is 0 Å². The summed E-state index contributed by atoms with van der Waals surface area (Å²) in [5.41, 5.74) is 5.53. The SMILES string of the molecule is CC(Oc1ccc(-c2ccccc2)cc1)C(=O)NN=Cc1ccc(OC(=O)c2ccc(Cl)cc2Cl)cc1. The van der Waals surface area contributed by atoms with Crippen molar-refractivity contribution >= 4 is 41.3 Å². The predicted molar refractivity (Wildman–Crippen MR) is 146 cm³/mol. The third kappa shape index (κ3) is 7.19. The first-order valence-electron chi connectivity index (χ1n) is 11.3. The summed E-state index contributed by atoms with van der Waals surface area (Å²) in [4.78, 5) is 24.7. The molecule has 4 aromatic rings. The van der Waals surface area contributed by atoms with Crippen LogP contribution in [-0.4, -0.2) is 24.2 Å². The molecule has 0 heterocycles. The Kier molecular flexibility index (Phi) is 8.56. The average molecular weight is 533 g/mol. The zero-order valence-corrected chi connectivity index (χ0v) is 21.2. The third-order valence-electron chi connectivity index (χ3n) is 5.27. The van der Waals surface area contributed by atoms with E-state index >= 15 is 0 Å². The number of carbonyl (C=O) groups excluding carboxylic acids is 2. The van der Waals surface area contributed by atoms with Crippen LogP contribution in [0.3, 0.4) is 0 Å². The van der Waals surface area contributed by atoms with Crippen molar-refractivity contribution in [3.8, 4) is 22.6 Å². The van der Waals surface area contributed by atoms with E-state index in [-0.39, 0.29) is 10.6 Å². The predicted octanol–water partition coefficient (Wildman–Crippen LogP) is 6.80. The lowest BCUT2D eigenvalue weighted by molar-refractivity contribution is -0.127. The van der Waals surface area contributed by atoms with Crippen molar-refractivity contribution in [2.75, 3.05) is 0 Å². The normalized spacial score (nSPS) is 11.6. The summed E-state index contributed by atoms with van der Waals surface area (Å²) in [6.07, 6.45) is 0.724. The number of rotatable bonds is 8. The molecule has 0 fully saturated rings. The molecule has 0 saturated heterocycles. The minimum Gasteiger partial charge on any atom is -0.481 e. The Morgan fingerprint density at radius 3 is 2.16 bits per heavy atom. The van der Waals surface area contributed by atoms with Gasteiger partial charge in [0.15, 0.2) is 6.10 Å². The number of hydrazone groups is 1. The molecule has 6 nitrogen and oxygen atoms in total. The lowest BCUT2D eigenvalue weighted by Gasteiger charge is -2.13. The Bertz CT molecular complexity index is 1410. The van der Waals surface area contributed by atoms with Crippen LogP contribution in [0.2, 0.25) is 10.0 Å². The van der Waals surface area contributed by atoms with Crippen molar-refractivity contribution in [2.45, 2.75) is 13.0 Å². The standard InChI is InChI=1S/C29H22Cl2N2O4/c1-19(36-24-14-9-22(10-15-24)21-5-3-2-4-6-21)28(34)33-32-18-20-7-12-25(13-8-20)37-29(35)26-16-11-23(30)17-27(26)31/h2-19H,1H3,(H,33,34). The summed E-state index contributed by atoms with van der Waals surface area (Å²) in [5.74, 6) is -0.0818. The summed E-state index contributed by atoms with van der Waals surface area (Å²) >= 11 is 11.9. The molecular weight excluding hydrogens is 511 g/mol. The van der Waals surface area contributed by atoms with Gasteiger partial charge in [-0.2, -0.15) is 5.10 Å². The molecule has 8 heteroatoms. The second-order valence-electron chi connectivity index (χ2n) is 7.97. The molecule has 4 rings (SSSR count). The van der Waals surface area contributed by atoms with Gasteiger partial charge in [-0.25, -0.2) is 10.2 Å². The van der Waals surface area contributed by atoms with E-state index in [2.05, 4.69) is 10.5 Å². The summed E-state index contributed by atoms with van der Waals surface area (Å²) in [5, 5.41) is 4.61. The fourth-order valence-electron chi connectivity index (χ4n) is 3.31. The van der Waals surface area contributed by atoms with Crippen LogP contribution in [0.15, 0.2) is 102 Å². The molecule has 0 aliphatic heterocycles. The molecule has 0 bridgehead atoms. The molecule has 0 aliphatic carbocycles. The molecular formula is C29H22Cl2N2O4. The molecule has 4 aromatic carbocycles. The van der Waals surface area contributed by atoms with Crippen molar-refractivity contribution in [3.05, 3.63) is 118 Å². The Hall–Kier alpha value is -4.13.